The minimum atomic E-state index is 0. The van der Waals surface area contributed by atoms with E-state index in [9.17, 15) is 0 Å². The van der Waals surface area contributed by atoms with Crippen LogP contribution in [-0.4, -0.2) is 71.3 Å². The first-order valence-corrected chi connectivity index (χ1v) is 3.05. The summed E-state index contributed by atoms with van der Waals surface area (Å²) in [4.78, 5) is 14.3. The van der Waals surface area contributed by atoms with Gasteiger partial charge in [0.05, 0.1) is 6.33 Å². The first kappa shape index (κ1) is 9.56. The predicted molar refractivity (Wildman–Crippen MR) is 42.4 cm³/mol. The molecule has 0 fully saturated rings. The summed E-state index contributed by atoms with van der Waals surface area (Å²) in [6.07, 6.45) is 2.91. The number of fused-ring (bicyclic) bond motifs is 1. The third kappa shape index (κ3) is 1.80. The maximum Gasteiger partial charge on any atom is 0.182 e. The topological polar surface area (TPSA) is 54.5 Å². The van der Waals surface area contributed by atoms with Crippen molar-refractivity contribution in [3.05, 3.63) is 17.8 Å². The standard InChI is InChI=1S/C5H3ClN4.K/c6-4-3-5(9-1-7-3)10-2-8-4;/h1-2H,(H,7,8,9,10);. The maximum atomic E-state index is 5.68. The number of hydrogen-bond acceptors (Lipinski definition) is 3. The predicted octanol–water partition coefficient (Wildman–Crippen LogP) is 0.625. The minimum absolute atomic E-state index is 0. The molecule has 2 heterocycles. The number of halogens is 1. The monoisotopic (exact) mass is 193 g/mol. The SMILES string of the molecule is Clc1ncnc2nc[nH]c12.[K]. The summed E-state index contributed by atoms with van der Waals surface area (Å²) in [5.74, 6) is 0. The molecule has 1 N–H and O–H groups in total. The Balaban J connectivity index is 0.000000605. The molecule has 0 saturated carbocycles. The van der Waals surface area contributed by atoms with Gasteiger partial charge in [-0.05, 0) is 0 Å². The van der Waals surface area contributed by atoms with Gasteiger partial charge in [0.15, 0.2) is 10.8 Å². The molecule has 51 valence electrons. The van der Waals surface area contributed by atoms with Crippen LogP contribution in [0.4, 0.5) is 0 Å². The Labute approximate surface area is 110 Å². The molecule has 0 unspecified atom stereocenters. The van der Waals surface area contributed by atoms with Crippen LogP contribution in [0.5, 0.6) is 0 Å². The van der Waals surface area contributed by atoms with Crippen molar-refractivity contribution < 1.29 is 0 Å². The third-order valence-corrected chi connectivity index (χ3v) is 1.46. The van der Waals surface area contributed by atoms with Crippen LogP contribution in [0.15, 0.2) is 12.7 Å². The zero-order valence-corrected chi connectivity index (χ0v) is 9.75. The number of hydrogen-bond donors (Lipinski definition) is 1. The van der Waals surface area contributed by atoms with E-state index in [1.54, 1.807) is 0 Å². The number of rotatable bonds is 0. The van der Waals surface area contributed by atoms with Gasteiger partial charge in [0, 0.05) is 51.4 Å². The second-order valence-corrected chi connectivity index (χ2v) is 2.12. The Bertz CT molecular complexity index is 360. The molecule has 6 heteroatoms. The van der Waals surface area contributed by atoms with E-state index in [2.05, 4.69) is 19.9 Å². The summed E-state index contributed by atoms with van der Waals surface area (Å²) in [6.45, 7) is 0. The number of aromatic amines is 1. The number of nitrogens with one attached hydrogen (secondary N) is 1. The van der Waals surface area contributed by atoms with E-state index in [0.717, 1.165) is 0 Å². The van der Waals surface area contributed by atoms with Crippen LogP contribution in [-0.2, 0) is 0 Å². The molecule has 0 spiro atoms. The largest absolute Gasteiger partial charge is 0.341 e. The molecular formula is C5H3ClKN4. The van der Waals surface area contributed by atoms with Crippen LogP contribution in [0.2, 0.25) is 5.15 Å². The quantitative estimate of drug-likeness (QED) is 0.493. The van der Waals surface area contributed by atoms with Crippen molar-refractivity contribution in [2.24, 2.45) is 0 Å². The van der Waals surface area contributed by atoms with Crippen molar-refractivity contribution in [1.29, 1.82) is 0 Å². The van der Waals surface area contributed by atoms with Gasteiger partial charge in [0.25, 0.3) is 0 Å². The van der Waals surface area contributed by atoms with E-state index in [-0.39, 0.29) is 51.4 Å². The molecule has 0 aliphatic carbocycles. The van der Waals surface area contributed by atoms with Crippen molar-refractivity contribution in [3.8, 4) is 0 Å². The van der Waals surface area contributed by atoms with Gasteiger partial charge in [-0.1, -0.05) is 11.6 Å². The van der Waals surface area contributed by atoms with E-state index in [4.69, 9.17) is 11.6 Å². The van der Waals surface area contributed by atoms with E-state index in [1.807, 2.05) is 0 Å². The zero-order valence-electron chi connectivity index (χ0n) is 5.87. The second-order valence-electron chi connectivity index (χ2n) is 1.77. The minimum Gasteiger partial charge on any atom is -0.341 e. The Morgan fingerprint density at radius 3 is 2.82 bits per heavy atom. The van der Waals surface area contributed by atoms with Gasteiger partial charge >= 0.3 is 0 Å². The van der Waals surface area contributed by atoms with Gasteiger partial charge < -0.3 is 4.98 Å². The first-order chi connectivity index (χ1) is 4.88. The zero-order chi connectivity index (χ0) is 6.97. The Kier molecular flexibility index (Phi) is 3.41. The van der Waals surface area contributed by atoms with Crippen LogP contribution in [0, 0.1) is 0 Å². The molecule has 0 saturated heterocycles. The molecule has 0 amide bonds. The second kappa shape index (κ2) is 3.93. The summed E-state index contributed by atoms with van der Waals surface area (Å²) >= 11 is 5.68. The molecule has 0 bridgehead atoms. The Morgan fingerprint density at radius 1 is 1.27 bits per heavy atom. The molecule has 2 aromatic heterocycles. The summed E-state index contributed by atoms with van der Waals surface area (Å²) < 4.78 is 0. The Hall–Kier alpha value is 0.476. The summed E-state index contributed by atoms with van der Waals surface area (Å²) in [6, 6.07) is 0. The number of imidazole rings is 1. The summed E-state index contributed by atoms with van der Waals surface area (Å²) in [5.41, 5.74) is 1.28. The number of nitrogens with zero attached hydrogens (tertiary/aromatic N) is 3. The van der Waals surface area contributed by atoms with E-state index in [1.165, 1.54) is 12.7 Å². The molecule has 0 aromatic carbocycles. The van der Waals surface area contributed by atoms with Crippen LogP contribution in [0.25, 0.3) is 11.2 Å². The third-order valence-electron chi connectivity index (χ3n) is 1.18. The van der Waals surface area contributed by atoms with Crippen LogP contribution in [0.1, 0.15) is 0 Å². The van der Waals surface area contributed by atoms with E-state index >= 15 is 0 Å². The van der Waals surface area contributed by atoms with Crippen molar-refractivity contribution >= 4 is 74.1 Å². The van der Waals surface area contributed by atoms with Crippen LogP contribution < -0.4 is 0 Å². The van der Waals surface area contributed by atoms with E-state index < -0.39 is 0 Å². The van der Waals surface area contributed by atoms with Gasteiger partial charge in [-0.3, -0.25) is 0 Å². The molecule has 0 aliphatic heterocycles. The van der Waals surface area contributed by atoms with Crippen molar-refractivity contribution in [2.45, 2.75) is 0 Å². The van der Waals surface area contributed by atoms with Crippen LogP contribution in [0.3, 0.4) is 0 Å². The number of aromatic nitrogens is 4. The van der Waals surface area contributed by atoms with Crippen molar-refractivity contribution in [2.75, 3.05) is 0 Å². The van der Waals surface area contributed by atoms with Crippen LogP contribution >= 0.6 is 11.6 Å². The molecule has 1 radical (unpaired) electrons. The van der Waals surface area contributed by atoms with Crippen molar-refractivity contribution in [1.82, 2.24) is 19.9 Å². The molecule has 0 aliphatic rings. The normalized spacial score (nSPS) is 9.55. The fraction of sp³-hybridized carbons (Fsp3) is 0. The molecule has 0 atom stereocenters. The van der Waals surface area contributed by atoms with Gasteiger partial charge in [0.2, 0.25) is 0 Å². The molecule has 2 rings (SSSR count). The fourth-order valence-corrected chi connectivity index (χ4v) is 0.918. The molecule has 11 heavy (non-hydrogen) atoms. The summed E-state index contributed by atoms with van der Waals surface area (Å²) in [7, 11) is 0. The number of H-pyrrole nitrogens is 1. The summed E-state index contributed by atoms with van der Waals surface area (Å²) in [5, 5.41) is 0.405. The average molecular weight is 194 g/mol. The fourth-order valence-electron chi connectivity index (χ4n) is 0.736. The maximum absolute atomic E-state index is 5.68. The Morgan fingerprint density at radius 2 is 2.09 bits per heavy atom. The van der Waals surface area contributed by atoms with Gasteiger partial charge in [-0.15, -0.1) is 0 Å². The van der Waals surface area contributed by atoms with Gasteiger partial charge in [-0.2, -0.15) is 0 Å². The van der Waals surface area contributed by atoms with E-state index in [0.29, 0.717) is 16.3 Å². The molecular weight excluding hydrogens is 191 g/mol. The van der Waals surface area contributed by atoms with Crippen molar-refractivity contribution in [3.63, 3.8) is 0 Å². The first-order valence-electron chi connectivity index (χ1n) is 2.67. The van der Waals surface area contributed by atoms with Gasteiger partial charge in [-0.25, -0.2) is 15.0 Å². The average Bonchev–Trinajstić information content (AvgIpc) is 2.36. The smallest absolute Gasteiger partial charge is 0.182 e. The van der Waals surface area contributed by atoms with Gasteiger partial charge in [0.1, 0.15) is 11.8 Å². The molecule has 2 aromatic rings. The molecule has 4 nitrogen and oxygen atoms in total.